The van der Waals surface area contributed by atoms with Gasteiger partial charge in [-0.05, 0) is 32.4 Å². The van der Waals surface area contributed by atoms with Crippen LogP contribution < -0.4 is 5.73 Å². The van der Waals surface area contributed by atoms with E-state index in [4.69, 9.17) is 5.73 Å². The van der Waals surface area contributed by atoms with Crippen LogP contribution in [0.15, 0.2) is 18.2 Å². The van der Waals surface area contributed by atoms with Gasteiger partial charge in [-0.2, -0.15) is 0 Å². The third kappa shape index (κ3) is 3.24. The summed E-state index contributed by atoms with van der Waals surface area (Å²) in [7, 11) is 0. The normalized spacial score (nSPS) is 9.25. The third-order valence-electron chi connectivity index (χ3n) is 1.71. The highest BCUT2D eigenvalue weighted by molar-refractivity contribution is 5.85. The van der Waals surface area contributed by atoms with Crippen LogP contribution in [0.1, 0.15) is 16.7 Å². The average Bonchev–Trinajstić information content (AvgIpc) is 1.85. The van der Waals surface area contributed by atoms with Crippen LogP contribution in [0.25, 0.3) is 0 Å². The molecule has 0 fully saturated rings. The first-order chi connectivity index (χ1) is 5.22. The smallest absolute Gasteiger partial charge is 0.00367 e. The fraction of sp³-hybridized carbons (Fsp3) is 0.400. The molecular formula is C10H16ClN. The minimum atomic E-state index is 0. The lowest BCUT2D eigenvalue weighted by Crippen LogP contribution is -2.02. The largest absolute Gasteiger partial charge is 0.330 e. The summed E-state index contributed by atoms with van der Waals surface area (Å²) >= 11 is 0. The minimum Gasteiger partial charge on any atom is -0.330 e. The van der Waals surface area contributed by atoms with Crippen LogP contribution in [-0.4, -0.2) is 6.54 Å². The molecule has 0 saturated heterocycles. The minimum absolute atomic E-state index is 0. The first-order valence-electron chi connectivity index (χ1n) is 3.99. The van der Waals surface area contributed by atoms with Crippen molar-refractivity contribution in [1.82, 2.24) is 0 Å². The summed E-state index contributed by atoms with van der Waals surface area (Å²) in [6.07, 6.45) is 0.989. The van der Waals surface area contributed by atoms with Gasteiger partial charge in [0.25, 0.3) is 0 Å². The van der Waals surface area contributed by atoms with Crippen molar-refractivity contribution in [2.24, 2.45) is 5.73 Å². The van der Waals surface area contributed by atoms with Crippen LogP contribution >= 0.6 is 12.4 Å². The van der Waals surface area contributed by atoms with E-state index in [2.05, 4.69) is 32.0 Å². The number of benzene rings is 1. The second-order valence-corrected chi connectivity index (χ2v) is 3.03. The maximum atomic E-state index is 5.46. The molecule has 1 rings (SSSR count). The van der Waals surface area contributed by atoms with Crippen molar-refractivity contribution in [3.63, 3.8) is 0 Å². The summed E-state index contributed by atoms with van der Waals surface area (Å²) in [6, 6.07) is 6.57. The molecule has 0 radical (unpaired) electrons. The van der Waals surface area contributed by atoms with Gasteiger partial charge in [-0.3, -0.25) is 0 Å². The van der Waals surface area contributed by atoms with E-state index in [1.807, 2.05) is 0 Å². The third-order valence-corrected chi connectivity index (χ3v) is 1.71. The van der Waals surface area contributed by atoms with Crippen molar-refractivity contribution in [1.29, 1.82) is 0 Å². The maximum Gasteiger partial charge on any atom is -0.00367 e. The monoisotopic (exact) mass is 185 g/mol. The summed E-state index contributed by atoms with van der Waals surface area (Å²) in [5, 5.41) is 0. The van der Waals surface area contributed by atoms with E-state index in [0.29, 0.717) is 0 Å². The van der Waals surface area contributed by atoms with Crippen LogP contribution in [0.2, 0.25) is 0 Å². The van der Waals surface area contributed by atoms with Gasteiger partial charge in [-0.15, -0.1) is 12.4 Å². The molecule has 0 aromatic heterocycles. The van der Waals surface area contributed by atoms with Gasteiger partial charge < -0.3 is 5.73 Å². The molecule has 0 unspecified atom stereocenters. The van der Waals surface area contributed by atoms with Crippen LogP contribution in [0, 0.1) is 13.8 Å². The van der Waals surface area contributed by atoms with Crippen LogP contribution in [0.3, 0.4) is 0 Å². The Hall–Kier alpha value is -0.530. The van der Waals surface area contributed by atoms with E-state index in [1.54, 1.807) is 0 Å². The van der Waals surface area contributed by atoms with Gasteiger partial charge >= 0.3 is 0 Å². The zero-order valence-electron chi connectivity index (χ0n) is 7.63. The van der Waals surface area contributed by atoms with Crippen molar-refractivity contribution in [2.45, 2.75) is 20.3 Å². The highest BCUT2D eigenvalue weighted by Crippen LogP contribution is 2.08. The predicted molar refractivity (Wildman–Crippen MR) is 55.9 cm³/mol. The molecule has 12 heavy (non-hydrogen) atoms. The number of nitrogens with two attached hydrogens (primary N) is 1. The van der Waals surface area contributed by atoms with E-state index in [9.17, 15) is 0 Å². The Morgan fingerprint density at radius 2 is 1.58 bits per heavy atom. The highest BCUT2D eigenvalue weighted by Gasteiger charge is 1.93. The molecule has 0 amide bonds. The second kappa shape index (κ2) is 5.18. The molecule has 2 heteroatoms. The van der Waals surface area contributed by atoms with E-state index < -0.39 is 0 Å². The van der Waals surface area contributed by atoms with E-state index >= 15 is 0 Å². The molecule has 0 spiro atoms. The fourth-order valence-electron chi connectivity index (χ4n) is 1.38. The Balaban J connectivity index is 0.00000121. The quantitative estimate of drug-likeness (QED) is 0.752. The SMILES string of the molecule is Cc1cc(C)cc(CCN)c1.Cl. The maximum absolute atomic E-state index is 5.46. The van der Waals surface area contributed by atoms with Gasteiger partial charge in [0.1, 0.15) is 0 Å². The fourth-order valence-corrected chi connectivity index (χ4v) is 1.38. The van der Waals surface area contributed by atoms with E-state index in [1.165, 1.54) is 16.7 Å². The molecule has 0 aliphatic heterocycles. The summed E-state index contributed by atoms with van der Waals surface area (Å²) in [4.78, 5) is 0. The lowest BCUT2D eigenvalue weighted by Gasteiger charge is -2.02. The molecule has 1 nitrogen and oxygen atoms in total. The van der Waals surface area contributed by atoms with E-state index in [0.717, 1.165) is 13.0 Å². The average molecular weight is 186 g/mol. The second-order valence-electron chi connectivity index (χ2n) is 3.03. The van der Waals surface area contributed by atoms with Gasteiger partial charge in [-0.25, -0.2) is 0 Å². The number of halogens is 1. The lowest BCUT2D eigenvalue weighted by atomic mass is 10.1. The number of hydrogen-bond acceptors (Lipinski definition) is 1. The van der Waals surface area contributed by atoms with Crippen LogP contribution in [-0.2, 0) is 6.42 Å². The van der Waals surface area contributed by atoms with Crippen LogP contribution in [0.5, 0.6) is 0 Å². The van der Waals surface area contributed by atoms with Crippen molar-refractivity contribution >= 4 is 12.4 Å². The van der Waals surface area contributed by atoms with Crippen molar-refractivity contribution in [3.05, 3.63) is 34.9 Å². The Kier molecular flexibility index (Phi) is 4.95. The predicted octanol–water partition coefficient (Wildman–Crippen LogP) is 2.23. The zero-order valence-corrected chi connectivity index (χ0v) is 8.45. The number of rotatable bonds is 2. The van der Waals surface area contributed by atoms with E-state index in [-0.39, 0.29) is 12.4 Å². The molecule has 1 aromatic carbocycles. The first-order valence-corrected chi connectivity index (χ1v) is 3.99. The molecule has 0 aliphatic rings. The number of aryl methyl sites for hydroxylation is 2. The van der Waals surface area contributed by atoms with Gasteiger partial charge in [0.05, 0.1) is 0 Å². The molecular weight excluding hydrogens is 170 g/mol. The number of hydrogen-bond donors (Lipinski definition) is 1. The van der Waals surface area contributed by atoms with Crippen LogP contribution in [0.4, 0.5) is 0 Å². The summed E-state index contributed by atoms with van der Waals surface area (Å²) in [5.74, 6) is 0. The van der Waals surface area contributed by atoms with Crippen molar-refractivity contribution < 1.29 is 0 Å². The Morgan fingerprint density at radius 3 is 2.00 bits per heavy atom. The first kappa shape index (κ1) is 11.5. The molecule has 0 bridgehead atoms. The van der Waals surface area contributed by atoms with Crippen molar-refractivity contribution in [3.8, 4) is 0 Å². The van der Waals surface area contributed by atoms with Gasteiger partial charge in [0, 0.05) is 0 Å². The molecule has 0 saturated carbocycles. The van der Waals surface area contributed by atoms with Gasteiger partial charge in [0.2, 0.25) is 0 Å². The molecule has 68 valence electrons. The van der Waals surface area contributed by atoms with Gasteiger partial charge in [-0.1, -0.05) is 29.3 Å². The standard InChI is InChI=1S/C10H15N.ClH/c1-8-5-9(2)7-10(6-8)3-4-11;/h5-7H,3-4,11H2,1-2H3;1H. The summed E-state index contributed by atoms with van der Waals surface area (Å²) < 4.78 is 0. The Morgan fingerprint density at radius 1 is 1.08 bits per heavy atom. The molecule has 0 aliphatic carbocycles. The highest BCUT2D eigenvalue weighted by atomic mass is 35.5. The zero-order chi connectivity index (χ0) is 8.27. The topological polar surface area (TPSA) is 26.0 Å². The molecule has 0 atom stereocenters. The summed E-state index contributed by atoms with van der Waals surface area (Å²) in [5.41, 5.74) is 9.47. The van der Waals surface area contributed by atoms with Crippen molar-refractivity contribution in [2.75, 3.05) is 6.54 Å². The molecule has 1 aromatic rings. The lowest BCUT2D eigenvalue weighted by molar-refractivity contribution is 0.964. The molecule has 0 heterocycles. The molecule has 2 N–H and O–H groups in total. The Bertz CT molecular complexity index is 225. The summed E-state index contributed by atoms with van der Waals surface area (Å²) in [6.45, 7) is 4.98. The van der Waals surface area contributed by atoms with Gasteiger partial charge in [0.15, 0.2) is 0 Å². The Labute approximate surface area is 80.4 Å².